The van der Waals surface area contributed by atoms with E-state index >= 15 is 0 Å². The first-order valence-electron chi connectivity index (χ1n) is 9.04. The third kappa shape index (κ3) is 3.56. The number of anilines is 1. The fourth-order valence-electron chi connectivity index (χ4n) is 3.33. The van der Waals surface area contributed by atoms with Gasteiger partial charge in [0.1, 0.15) is 24.6 Å². The van der Waals surface area contributed by atoms with Crippen molar-refractivity contribution in [3.05, 3.63) is 36.4 Å². The van der Waals surface area contributed by atoms with Crippen molar-refractivity contribution >= 4 is 17.0 Å². The van der Waals surface area contributed by atoms with Crippen LogP contribution in [-0.2, 0) is 11.2 Å². The Kier molecular flexibility index (Phi) is 5.20. The topological polar surface area (TPSA) is 166 Å². The number of hydrogen-bond donors (Lipinski definition) is 6. The van der Waals surface area contributed by atoms with Crippen LogP contribution in [0.15, 0.2) is 30.9 Å². The maximum Gasteiger partial charge on any atom is 0.167 e. The second kappa shape index (κ2) is 7.79. The Bertz CT molecular complexity index is 1010. The Morgan fingerprint density at radius 2 is 1.90 bits per heavy atom. The molecule has 3 heterocycles. The zero-order chi connectivity index (χ0) is 20.5. The van der Waals surface area contributed by atoms with E-state index < -0.39 is 31.1 Å². The second-order valence-electron chi connectivity index (χ2n) is 6.78. The van der Waals surface area contributed by atoms with Gasteiger partial charge < -0.3 is 35.6 Å². The van der Waals surface area contributed by atoms with Gasteiger partial charge >= 0.3 is 0 Å². The minimum absolute atomic E-state index is 0.172. The van der Waals surface area contributed by atoms with Crippen molar-refractivity contribution in [2.75, 3.05) is 18.5 Å². The van der Waals surface area contributed by atoms with Crippen molar-refractivity contribution in [1.29, 1.82) is 0 Å². The van der Waals surface area contributed by atoms with Crippen LogP contribution in [0.2, 0.25) is 0 Å². The third-order valence-electron chi connectivity index (χ3n) is 4.90. The number of phenols is 2. The fourth-order valence-corrected chi connectivity index (χ4v) is 3.33. The van der Waals surface area contributed by atoms with E-state index in [1.165, 1.54) is 29.4 Å². The molecule has 1 aliphatic heterocycles. The molecule has 4 rings (SSSR count). The van der Waals surface area contributed by atoms with Crippen LogP contribution in [0.1, 0.15) is 11.8 Å². The van der Waals surface area contributed by atoms with E-state index in [9.17, 15) is 25.5 Å². The van der Waals surface area contributed by atoms with Crippen molar-refractivity contribution in [2.45, 2.75) is 31.0 Å². The molecule has 11 heteroatoms. The van der Waals surface area contributed by atoms with Gasteiger partial charge in [0.25, 0.3) is 0 Å². The molecule has 4 atom stereocenters. The molecular weight excluding hydrogens is 382 g/mol. The first-order valence-corrected chi connectivity index (χ1v) is 9.04. The lowest BCUT2D eigenvalue weighted by atomic mass is 10.1. The summed E-state index contributed by atoms with van der Waals surface area (Å²) in [5.41, 5.74) is 1.69. The number of phenolic OH excluding ortho intramolecular Hbond substituents is 2. The van der Waals surface area contributed by atoms with E-state index in [1.807, 2.05) is 0 Å². The van der Waals surface area contributed by atoms with Gasteiger partial charge in [0, 0.05) is 6.54 Å². The molecule has 29 heavy (non-hydrogen) atoms. The number of nitrogens with zero attached hydrogens (tertiary/aromatic N) is 4. The summed E-state index contributed by atoms with van der Waals surface area (Å²) >= 11 is 0. The third-order valence-corrected chi connectivity index (χ3v) is 4.90. The van der Waals surface area contributed by atoms with Crippen LogP contribution in [0.3, 0.4) is 0 Å². The van der Waals surface area contributed by atoms with E-state index in [1.54, 1.807) is 6.07 Å². The van der Waals surface area contributed by atoms with Crippen molar-refractivity contribution in [3.63, 3.8) is 0 Å². The first-order chi connectivity index (χ1) is 14.0. The van der Waals surface area contributed by atoms with Gasteiger partial charge in [-0.25, -0.2) is 15.0 Å². The number of imidazole rings is 1. The van der Waals surface area contributed by atoms with Crippen LogP contribution in [0.25, 0.3) is 11.2 Å². The lowest BCUT2D eigenvalue weighted by molar-refractivity contribution is -0.0511. The summed E-state index contributed by atoms with van der Waals surface area (Å²) < 4.78 is 7.03. The zero-order valence-corrected chi connectivity index (χ0v) is 15.3. The molecule has 0 saturated carbocycles. The minimum atomic E-state index is -1.24. The van der Waals surface area contributed by atoms with Crippen LogP contribution in [0.5, 0.6) is 11.5 Å². The predicted molar refractivity (Wildman–Crippen MR) is 100 cm³/mol. The highest BCUT2D eigenvalue weighted by Crippen LogP contribution is 2.32. The number of aromatic nitrogens is 4. The maximum atomic E-state index is 10.2. The molecule has 0 amide bonds. The summed E-state index contributed by atoms with van der Waals surface area (Å²) in [6, 6.07) is 4.63. The van der Waals surface area contributed by atoms with Gasteiger partial charge in [-0.05, 0) is 24.1 Å². The van der Waals surface area contributed by atoms with Gasteiger partial charge in [0.2, 0.25) is 0 Å². The summed E-state index contributed by atoms with van der Waals surface area (Å²) in [6.07, 6.45) is -0.945. The van der Waals surface area contributed by atoms with Crippen LogP contribution in [0, 0.1) is 0 Å². The summed E-state index contributed by atoms with van der Waals surface area (Å²) in [4.78, 5) is 12.7. The molecule has 11 nitrogen and oxygen atoms in total. The molecule has 2 aromatic heterocycles. The number of rotatable bonds is 6. The summed E-state index contributed by atoms with van der Waals surface area (Å²) in [7, 11) is 0. The predicted octanol–water partition coefficient (Wildman–Crippen LogP) is -0.496. The lowest BCUT2D eigenvalue weighted by Crippen LogP contribution is -2.33. The number of aliphatic hydroxyl groups is 3. The SMILES string of the molecule is OC[C@@H]1O[C@H](n2cnc3c(NCCc4ccc(O)c(O)c4)ncnc32)[C@@H](O)[C@@H]1O. The van der Waals surface area contributed by atoms with Crippen molar-refractivity contribution < 1.29 is 30.3 Å². The number of benzene rings is 1. The van der Waals surface area contributed by atoms with Gasteiger partial charge in [0.15, 0.2) is 34.7 Å². The molecule has 154 valence electrons. The van der Waals surface area contributed by atoms with E-state index in [-0.39, 0.29) is 11.5 Å². The average Bonchev–Trinajstić information content (AvgIpc) is 3.26. The van der Waals surface area contributed by atoms with Gasteiger partial charge in [-0.15, -0.1) is 0 Å². The van der Waals surface area contributed by atoms with Crippen LogP contribution >= 0.6 is 0 Å². The van der Waals surface area contributed by atoms with Crippen LogP contribution < -0.4 is 5.32 Å². The van der Waals surface area contributed by atoms with E-state index in [2.05, 4.69) is 20.3 Å². The molecule has 1 saturated heterocycles. The molecule has 1 fully saturated rings. The Morgan fingerprint density at radius 3 is 2.62 bits per heavy atom. The molecule has 6 N–H and O–H groups in total. The monoisotopic (exact) mass is 403 g/mol. The number of nitrogens with one attached hydrogen (secondary N) is 1. The summed E-state index contributed by atoms with van der Waals surface area (Å²) in [6.45, 7) is 0.0625. The first kappa shape index (κ1) is 19.3. The molecule has 0 aliphatic carbocycles. The molecule has 1 aromatic carbocycles. The number of hydrogen-bond acceptors (Lipinski definition) is 10. The Morgan fingerprint density at radius 1 is 1.07 bits per heavy atom. The molecular formula is C18H21N5O6. The van der Waals surface area contributed by atoms with E-state index in [0.29, 0.717) is 29.9 Å². The maximum absolute atomic E-state index is 10.2. The summed E-state index contributed by atoms with van der Waals surface area (Å²) in [5, 5.41) is 51.6. The molecule has 0 unspecified atom stereocenters. The molecule has 1 aliphatic rings. The number of aromatic hydroxyl groups is 2. The number of ether oxygens (including phenoxy) is 1. The van der Waals surface area contributed by atoms with E-state index in [4.69, 9.17) is 4.74 Å². The van der Waals surface area contributed by atoms with Gasteiger partial charge in [-0.1, -0.05) is 6.07 Å². The molecule has 3 aromatic rings. The molecule has 0 radical (unpaired) electrons. The fraction of sp³-hybridized carbons (Fsp3) is 0.389. The number of aliphatic hydroxyl groups excluding tert-OH is 3. The minimum Gasteiger partial charge on any atom is -0.504 e. The van der Waals surface area contributed by atoms with Gasteiger partial charge in [-0.2, -0.15) is 0 Å². The Balaban J connectivity index is 1.51. The highest BCUT2D eigenvalue weighted by Gasteiger charge is 2.44. The van der Waals surface area contributed by atoms with Crippen molar-refractivity contribution in [2.24, 2.45) is 0 Å². The largest absolute Gasteiger partial charge is 0.504 e. The average molecular weight is 403 g/mol. The highest BCUT2D eigenvalue weighted by molar-refractivity contribution is 5.82. The van der Waals surface area contributed by atoms with E-state index in [0.717, 1.165) is 5.56 Å². The van der Waals surface area contributed by atoms with Crippen LogP contribution in [-0.4, -0.2) is 76.5 Å². The highest BCUT2D eigenvalue weighted by atomic mass is 16.6. The Labute approximate surface area is 164 Å². The van der Waals surface area contributed by atoms with Crippen LogP contribution in [0.4, 0.5) is 5.82 Å². The molecule has 0 spiro atoms. The quantitative estimate of drug-likeness (QED) is 0.295. The molecule has 0 bridgehead atoms. The standard InChI is InChI=1S/C18H21N5O6/c24-6-12-14(27)15(28)18(29-12)23-8-22-13-16(20-7-21-17(13)23)19-4-3-9-1-2-10(25)11(26)5-9/h1-2,5,7-8,12,14-15,18,24-28H,3-4,6H2,(H,19,20,21)/t12-,14+,15-,18-/m0/s1. The van der Waals surface area contributed by atoms with Gasteiger partial charge in [-0.3, -0.25) is 4.57 Å². The van der Waals surface area contributed by atoms with Crippen molar-refractivity contribution in [1.82, 2.24) is 19.5 Å². The number of fused-ring (bicyclic) bond motifs is 1. The summed E-state index contributed by atoms with van der Waals surface area (Å²) in [5.74, 6) is 0.127. The Hall–Kier alpha value is -2.99. The van der Waals surface area contributed by atoms with Gasteiger partial charge in [0.05, 0.1) is 12.9 Å². The zero-order valence-electron chi connectivity index (χ0n) is 15.3. The normalized spacial score (nSPS) is 24.2. The second-order valence-corrected chi connectivity index (χ2v) is 6.78. The van der Waals surface area contributed by atoms with Crippen molar-refractivity contribution in [3.8, 4) is 11.5 Å². The lowest BCUT2D eigenvalue weighted by Gasteiger charge is -2.16. The smallest absolute Gasteiger partial charge is 0.167 e.